The molecule has 0 saturated carbocycles. The lowest BCUT2D eigenvalue weighted by molar-refractivity contribution is 0.0600. The van der Waals surface area contributed by atoms with E-state index in [-0.39, 0.29) is 24.6 Å². The summed E-state index contributed by atoms with van der Waals surface area (Å²) in [4.78, 5) is 41.3. The Morgan fingerprint density at radius 3 is 2.31 bits per heavy atom. The first-order chi connectivity index (χ1) is 15.6. The molecule has 8 nitrogen and oxygen atoms in total. The minimum atomic E-state index is -0.470. The van der Waals surface area contributed by atoms with Crippen LogP contribution in [0.25, 0.3) is 10.8 Å². The Balaban J connectivity index is 1.59. The highest BCUT2D eigenvalue weighted by atomic mass is 16.5. The minimum Gasteiger partial charge on any atom is -0.465 e. The smallest absolute Gasteiger partial charge is 0.337 e. The van der Waals surface area contributed by atoms with Gasteiger partial charge in [0.1, 0.15) is 0 Å². The van der Waals surface area contributed by atoms with Gasteiger partial charge in [-0.25, -0.2) is 9.48 Å². The highest BCUT2D eigenvalue weighted by Crippen LogP contribution is 2.14. The largest absolute Gasteiger partial charge is 0.465 e. The summed E-state index contributed by atoms with van der Waals surface area (Å²) >= 11 is 0. The van der Waals surface area contributed by atoms with Gasteiger partial charge in [0.15, 0.2) is 0 Å². The van der Waals surface area contributed by atoms with E-state index in [1.54, 1.807) is 36.5 Å². The van der Waals surface area contributed by atoms with Crippen LogP contribution in [-0.2, 0) is 17.8 Å². The molecule has 0 aliphatic rings. The number of benzene rings is 2. The minimum absolute atomic E-state index is 0.126. The molecular formula is C24H20N4O4. The van der Waals surface area contributed by atoms with Gasteiger partial charge in [0, 0.05) is 17.1 Å². The van der Waals surface area contributed by atoms with E-state index in [9.17, 15) is 14.4 Å². The third-order valence-corrected chi connectivity index (χ3v) is 4.97. The molecule has 1 N–H and O–H groups in total. The number of fused-ring (bicyclic) bond motifs is 1. The number of hydrogen-bond acceptors (Lipinski definition) is 6. The quantitative estimate of drug-likeness (QED) is 0.474. The molecule has 0 radical (unpaired) electrons. The zero-order valence-corrected chi connectivity index (χ0v) is 17.3. The van der Waals surface area contributed by atoms with Gasteiger partial charge in [-0.15, -0.1) is 0 Å². The Hall–Kier alpha value is -4.33. The Kier molecular flexibility index (Phi) is 6.03. The molecule has 32 heavy (non-hydrogen) atoms. The van der Waals surface area contributed by atoms with Gasteiger partial charge in [0.2, 0.25) is 0 Å². The number of amides is 1. The normalized spacial score (nSPS) is 10.7. The van der Waals surface area contributed by atoms with Crippen LogP contribution >= 0.6 is 0 Å². The van der Waals surface area contributed by atoms with Crippen LogP contribution in [0.15, 0.2) is 77.7 Å². The molecule has 4 rings (SSSR count). The van der Waals surface area contributed by atoms with Crippen LogP contribution < -0.4 is 10.9 Å². The molecule has 8 heteroatoms. The van der Waals surface area contributed by atoms with Crippen molar-refractivity contribution < 1.29 is 14.3 Å². The Bertz CT molecular complexity index is 1330. The second-order valence-corrected chi connectivity index (χ2v) is 7.03. The molecule has 0 aliphatic carbocycles. The number of ether oxygens (including phenoxy) is 1. The first kappa shape index (κ1) is 20.9. The number of carbonyl (C=O) groups is 2. The molecule has 2 aromatic heterocycles. The van der Waals surface area contributed by atoms with Gasteiger partial charge in [-0.05, 0) is 42.5 Å². The van der Waals surface area contributed by atoms with Crippen molar-refractivity contribution in [3.8, 4) is 0 Å². The van der Waals surface area contributed by atoms with Gasteiger partial charge in [0.05, 0.1) is 42.5 Å². The predicted molar refractivity (Wildman–Crippen MR) is 118 cm³/mol. The fraction of sp³-hybridized carbons (Fsp3) is 0.125. The Morgan fingerprint density at radius 1 is 0.938 bits per heavy atom. The van der Waals surface area contributed by atoms with Gasteiger partial charge in [-0.2, -0.15) is 5.10 Å². The molecule has 0 unspecified atom stereocenters. The maximum atomic E-state index is 12.9. The van der Waals surface area contributed by atoms with Gasteiger partial charge in [0.25, 0.3) is 11.5 Å². The molecular weight excluding hydrogens is 408 g/mol. The van der Waals surface area contributed by atoms with Crippen LogP contribution in [0, 0.1) is 0 Å². The summed E-state index contributed by atoms with van der Waals surface area (Å²) in [6.07, 6.45) is 1.66. The van der Waals surface area contributed by atoms with E-state index < -0.39 is 5.97 Å². The Labute approximate surface area is 183 Å². The molecule has 4 aromatic rings. The lowest BCUT2D eigenvalue weighted by Gasteiger charge is -2.12. The predicted octanol–water partition coefficient (Wildman–Crippen LogP) is 2.56. The molecule has 160 valence electrons. The number of pyridine rings is 1. The summed E-state index contributed by atoms with van der Waals surface area (Å²) in [5.41, 5.74) is 1.80. The molecule has 2 aromatic carbocycles. The molecule has 0 saturated heterocycles. The van der Waals surface area contributed by atoms with Crippen LogP contribution in [-0.4, -0.2) is 33.8 Å². The average Bonchev–Trinajstić information content (AvgIpc) is 2.85. The Morgan fingerprint density at radius 2 is 1.62 bits per heavy atom. The highest BCUT2D eigenvalue weighted by Gasteiger charge is 2.13. The van der Waals surface area contributed by atoms with Crippen LogP contribution in [0.5, 0.6) is 0 Å². The number of methoxy groups -OCH3 is 1. The standard InChI is InChI=1S/C24H20N4O4/c1-32-24(31)17-11-9-16(10-12-17)22(29)26-14-21-19-7-2-3-8-20(19)23(30)28(27-21)15-18-6-4-5-13-25-18/h2-13H,14-15H2,1H3,(H,26,29). The van der Waals surface area contributed by atoms with Crippen LogP contribution in [0.3, 0.4) is 0 Å². The fourth-order valence-corrected chi connectivity index (χ4v) is 3.33. The SMILES string of the molecule is COC(=O)c1ccc(C(=O)NCc2nn(Cc3ccccn3)c(=O)c3ccccc23)cc1. The number of carbonyl (C=O) groups excluding carboxylic acids is 2. The van der Waals surface area contributed by atoms with Gasteiger partial charge >= 0.3 is 5.97 Å². The van der Waals surface area contributed by atoms with Crippen LogP contribution in [0.1, 0.15) is 32.1 Å². The molecule has 0 bridgehead atoms. The van der Waals surface area contributed by atoms with Crippen molar-refractivity contribution in [3.05, 3.63) is 106 Å². The summed E-state index contributed by atoms with van der Waals surface area (Å²) in [6.45, 7) is 0.348. The second kappa shape index (κ2) is 9.22. The lowest BCUT2D eigenvalue weighted by atomic mass is 10.1. The van der Waals surface area contributed by atoms with E-state index in [0.717, 1.165) is 0 Å². The molecule has 0 fully saturated rings. The van der Waals surface area contributed by atoms with E-state index in [2.05, 4.69) is 20.1 Å². The molecule has 0 atom stereocenters. The van der Waals surface area contributed by atoms with Crippen LogP contribution in [0.4, 0.5) is 0 Å². The van der Waals surface area contributed by atoms with E-state index in [4.69, 9.17) is 0 Å². The van der Waals surface area contributed by atoms with Gasteiger partial charge < -0.3 is 10.1 Å². The number of rotatable bonds is 6. The molecule has 0 spiro atoms. The topological polar surface area (TPSA) is 103 Å². The zero-order valence-electron chi connectivity index (χ0n) is 17.3. The summed E-state index contributed by atoms with van der Waals surface area (Å²) < 4.78 is 6.02. The first-order valence-electron chi connectivity index (χ1n) is 9.92. The maximum absolute atomic E-state index is 12.9. The fourth-order valence-electron chi connectivity index (χ4n) is 3.33. The number of nitrogens with zero attached hydrogens (tertiary/aromatic N) is 3. The highest BCUT2D eigenvalue weighted by molar-refractivity contribution is 5.96. The van der Waals surface area contributed by atoms with E-state index in [1.807, 2.05) is 24.3 Å². The number of nitrogens with one attached hydrogen (secondary N) is 1. The third kappa shape index (κ3) is 4.39. The maximum Gasteiger partial charge on any atom is 0.337 e. The van der Waals surface area contributed by atoms with Crippen molar-refractivity contribution in [1.29, 1.82) is 0 Å². The molecule has 2 heterocycles. The third-order valence-electron chi connectivity index (χ3n) is 4.97. The van der Waals surface area contributed by atoms with Crippen molar-refractivity contribution >= 4 is 22.6 Å². The van der Waals surface area contributed by atoms with Crippen molar-refractivity contribution in [1.82, 2.24) is 20.1 Å². The van der Waals surface area contributed by atoms with Gasteiger partial charge in [-0.1, -0.05) is 24.3 Å². The molecule has 1 amide bonds. The monoisotopic (exact) mass is 428 g/mol. The van der Waals surface area contributed by atoms with E-state index in [1.165, 1.54) is 23.9 Å². The lowest BCUT2D eigenvalue weighted by Crippen LogP contribution is -2.29. The summed E-state index contributed by atoms with van der Waals surface area (Å²) in [7, 11) is 1.30. The summed E-state index contributed by atoms with van der Waals surface area (Å²) in [6, 6.07) is 18.8. The zero-order chi connectivity index (χ0) is 22.5. The number of hydrogen-bond donors (Lipinski definition) is 1. The summed E-state index contributed by atoms with van der Waals surface area (Å²) in [5, 5.41) is 8.53. The first-order valence-corrected chi connectivity index (χ1v) is 9.92. The second-order valence-electron chi connectivity index (χ2n) is 7.03. The van der Waals surface area contributed by atoms with Gasteiger partial charge in [-0.3, -0.25) is 14.6 Å². The van der Waals surface area contributed by atoms with Crippen LogP contribution in [0.2, 0.25) is 0 Å². The average molecular weight is 428 g/mol. The van der Waals surface area contributed by atoms with Crippen molar-refractivity contribution in [2.24, 2.45) is 0 Å². The summed E-state index contributed by atoms with van der Waals surface area (Å²) in [5.74, 6) is -0.794. The molecule has 0 aliphatic heterocycles. The van der Waals surface area contributed by atoms with E-state index in [0.29, 0.717) is 33.3 Å². The van der Waals surface area contributed by atoms with Crippen molar-refractivity contribution in [2.45, 2.75) is 13.1 Å². The van der Waals surface area contributed by atoms with E-state index >= 15 is 0 Å². The van der Waals surface area contributed by atoms with Crippen molar-refractivity contribution in [3.63, 3.8) is 0 Å². The number of esters is 1. The van der Waals surface area contributed by atoms with Crippen molar-refractivity contribution in [2.75, 3.05) is 7.11 Å². The number of aromatic nitrogens is 3.